The quantitative estimate of drug-likeness (QED) is 0.677. The third-order valence-electron chi connectivity index (χ3n) is 4.89. The number of amides is 1. The third-order valence-corrected chi connectivity index (χ3v) is 6.27. The summed E-state index contributed by atoms with van der Waals surface area (Å²) in [4.78, 5) is 37.5. The van der Waals surface area contributed by atoms with Crippen LogP contribution in [-0.2, 0) is 30.7 Å². The number of anilines is 2. The van der Waals surface area contributed by atoms with Crippen molar-refractivity contribution in [1.29, 1.82) is 0 Å². The number of carbonyl (C=O) groups excluding carboxylic acids is 3. The zero-order valence-corrected chi connectivity index (χ0v) is 18.1. The second-order valence-electron chi connectivity index (χ2n) is 6.83. The van der Waals surface area contributed by atoms with Crippen molar-refractivity contribution < 1.29 is 32.3 Å². The molecule has 2 aromatic rings. The van der Waals surface area contributed by atoms with Crippen LogP contribution in [-0.4, -0.2) is 47.0 Å². The molecule has 0 fully saturated rings. The van der Waals surface area contributed by atoms with Crippen LogP contribution < -0.4 is 9.62 Å². The molecule has 2 aromatic carbocycles. The first-order valence-electron chi connectivity index (χ1n) is 9.48. The summed E-state index contributed by atoms with van der Waals surface area (Å²) < 4.78 is 37.6. The summed E-state index contributed by atoms with van der Waals surface area (Å²) in [6.07, 6.45) is 0.912. The molecular formula is C21H22N2O7S. The summed E-state index contributed by atoms with van der Waals surface area (Å²) in [6, 6.07) is 8.33. The normalized spacial score (nSPS) is 12.8. The lowest BCUT2D eigenvalue weighted by molar-refractivity contribution is -0.118. The van der Waals surface area contributed by atoms with Crippen LogP contribution in [0.25, 0.3) is 0 Å². The SMILES string of the molecule is CCC(=O)N1CCc2cc(S(=O)(=O)Nc3cc(C(=O)OC)cc(C(=O)OC)c3)ccc21. The Morgan fingerprint density at radius 3 is 2.16 bits per heavy atom. The molecule has 164 valence electrons. The largest absolute Gasteiger partial charge is 0.465 e. The Kier molecular flexibility index (Phi) is 6.30. The minimum absolute atomic E-state index is 0.000127. The summed E-state index contributed by atoms with van der Waals surface area (Å²) >= 11 is 0. The predicted molar refractivity (Wildman–Crippen MR) is 113 cm³/mol. The van der Waals surface area contributed by atoms with Crippen LogP contribution in [0.5, 0.6) is 0 Å². The van der Waals surface area contributed by atoms with Crippen LogP contribution in [0.3, 0.4) is 0 Å². The molecule has 1 amide bonds. The Morgan fingerprint density at radius 1 is 1.00 bits per heavy atom. The van der Waals surface area contributed by atoms with Crippen LogP contribution in [0, 0.1) is 0 Å². The molecule has 0 aromatic heterocycles. The number of nitrogens with zero attached hydrogens (tertiary/aromatic N) is 1. The van der Waals surface area contributed by atoms with E-state index in [4.69, 9.17) is 0 Å². The molecule has 0 saturated heterocycles. The number of hydrogen-bond donors (Lipinski definition) is 1. The molecule has 1 N–H and O–H groups in total. The van der Waals surface area contributed by atoms with Crippen molar-refractivity contribution in [1.82, 2.24) is 0 Å². The summed E-state index contributed by atoms with van der Waals surface area (Å²) in [5.41, 5.74) is 1.44. The highest BCUT2D eigenvalue weighted by atomic mass is 32.2. The van der Waals surface area contributed by atoms with Crippen LogP contribution >= 0.6 is 0 Å². The number of rotatable bonds is 6. The summed E-state index contributed by atoms with van der Waals surface area (Å²) in [6.45, 7) is 2.27. The molecule has 1 aliphatic heterocycles. The third kappa shape index (κ3) is 4.53. The number of sulfonamides is 1. The van der Waals surface area contributed by atoms with Gasteiger partial charge in [-0.2, -0.15) is 0 Å². The van der Waals surface area contributed by atoms with E-state index in [1.807, 2.05) is 0 Å². The average molecular weight is 446 g/mol. The van der Waals surface area contributed by atoms with E-state index in [2.05, 4.69) is 14.2 Å². The maximum absolute atomic E-state index is 13.0. The van der Waals surface area contributed by atoms with Gasteiger partial charge in [-0.05, 0) is 48.4 Å². The summed E-state index contributed by atoms with van der Waals surface area (Å²) in [7, 11) is -1.68. The monoisotopic (exact) mass is 446 g/mol. The van der Waals surface area contributed by atoms with E-state index in [1.165, 1.54) is 44.6 Å². The molecule has 31 heavy (non-hydrogen) atoms. The average Bonchev–Trinajstić information content (AvgIpc) is 3.20. The van der Waals surface area contributed by atoms with Crippen molar-refractivity contribution in [2.75, 3.05) is 30.4 Å². The summed E-state index contributed by atoms with van der Waals surface area (Å²) in [5, 5.41) is 0. The molecule has 1 heterocycles. The maximum Gasteiger partial charge on any atom is 0.337 e. The van der Waals surface area contributed by atoms with E-state index in [1.54, 1.807) is 17.9 Å². The zero-order valence-electron chi connectivity index (χ0n) is 17.3. The Bertz CT molecular complexity index is 1120. The van der Waals surface area contributed by atoms with Gasteiger partial charge >= 0.3 is 11.9 Å². The Morgan fingerprint density at radius 2 is 1.61 bits per heavy atom. The highest BCUT2D eigenvalue weighted by Gasteiger charge is 2.26. The van der Waals surface area contributed by atoms with Crippen LogP contribution in [0.15, 0.2) is 41.3 Å². The standard InChI is InChI=1S/C21H22N2O7S/c1-4-19(24)23-8-7-13-12-17(5-6-18(13)23)31(27,28)22-16-10-14(20(25)29-2)9-15(11-16)21(26)30-3/h5-6,9-12,22H,4,7-8H2,1-3H3. The van der Waals surface area contributed by atoms with Gasteiger partial charge in [0, 0.05) is 18.7 Å². The van der Waals surface area contributed by atoms with Gasteiger partial charge in [0.05, 0.1) is 35.9 Å². The van der Waals surface area contributed by atoms with Crippen molar-refractivity contribution in [2.45, 2.75) is 24.7 Å². The van der Waals surface area contributed by atoms with Gasteiger partial charge in [-0.1, -0.05) is 6.92 Å². The van der Waals surface area contributed by atoms with Gasteiger partial charge in [0.25, 0.3) is 10.0 Å². The molecule has 0 aliphatic carbocycles. The first-order valence-corrected chi connectivity index (χ1v) is 11.0. The lowest BCUT2D eigenvalue weighted by atomic mass is 10.1. The van der Waals surface area contributed by atoms with Crippen molar-refractivity contribution in [2.24, 2.45) is 0 Å². The van der Waals surface area contributed by atoms with Crippen molar-refractivity contribution in [3.8, 4) is 0 Å². The van der Waals surface area contributed by atoms with Gasteiger partial charge in [-0.3, -0.25) is 9.52 Å². The number of hydrogen-bond acceptors (Lipinski definition) is 7. The number of benzene rings is 2. The minimum Gasteiger partial charge on any atom is -0.465 e. The maximum atomic E-state index is 13.0. The highest BCUT2D eigenvalue weighted by Crippen LogP contribution is 2.31. The molecule has 0 radical (unpaired) electrons. The molecule has 10 heteroatoms. The molecule has 0 atom stereocenters. The van der Waals surface area contributed by atoms with Crippen molar-refractivity contribution >= 4 is 39.2 Å². The van der Waals surface area contributed by atoms with Crippen molar-refractivity contribution in [3.05, 3.63) is 53.1 Å². The Labute approximate surface area is 180 Å². The molecule has 9 nitrogen and oxygen atoms in total. The molecule has 0 saturated carbocycles. The van der Waals surface area contributed by atoms with Crippen LogP contribution in [0.2, 0.25) is 0 Å². The van der Waals surface area contributed by atoms with Crippen LogP contribution in [0.4, 0.5) is 11.4 Å². The van der Waals surface area contributed by atoms with Gasteiger partial charge < -0.3 is 14.4 Å². The van der Waals surface area contributed by atoms with Gasteiger partial charge in [0.2, 0.25) is 5.91 Å². The fourth-order valence-corrected chi connectivity index (χ4v) is 4.46. The van der Waals surface area contributed by atoms with E-state index in [-0.39, 0.29) is 27.6 Å². The molecule has 1 aliphatic rings. The van der Waals surface area contributed by atoms with E-state index in [9.17, 15) is 22.8 Å². The number of carbonyl (C=O) groups is 3. The molecule has 3 rings (SSSR count). The van der Waals surface area contributed by atoms with E-state index in [0.717, 1.165) is 5.56 Å². The minimum atomic E-state index is -4.03. The predicted octanol–water partition coefficient (Wildman–Crippen LogP) is 2.36. The Balaban J connectivity index is 1.95. The number of esters is 2. The van der Waals surface area contributed by atoms with Crippen LogP contribution in [0.1, 0.15) is 39.6 Å². The lowest BCUT2D eigenvalue weighted by Gasteiger charge is -2.17. The molecule has 0 spiro atoms. The zero-order chi connectivity index (χ0) is 22.8. The lowest BCUT2D eigenvalue weighted by Crippen LogP contribution is -2.27. The van der Waals surface area contributed by atoms with Gasteiger partial charge in [0.1, 0.15) is 0 Å². The number of fused-ring (bicyclic) bond motifs is 1. The van der Waals surface area contributed by atoms with Crippen molar-refractivity contribution in [3.63, 3.8) is 0 Å². The van der Waals surface area contributed by atoms with E-state index in [0.29, 0.717) is 25.1 Å². The second-order valence-corrected chi connectivity index (χ2v) is 8.51. The first kappa shape index (κ1) is 22.3. The smallest absolute Gasteiger partial charge is 0.337 e. The number of methoxy groups -OCH3 is 2. The topological polar surface area (TPSA) is 119 Å². The van der Waals surface area contributed by atoms with E-state index >= 15 is 0 Å². The molecule has 0 bridgehead atoms. The summed E-state index contributed by atoms with van der Waals surface area (Å²) in [5.74, 6) is -1.49. The highest BCUT2D eigenvalue weighted by molar-refractivity contribution is 7.92. The number of nitrogens with one attached hydrogen (secondary N) is 1. The molecule has 0 unspecified atom stereocenters. The fraction of sp³-hybridized carbons (Fsp3) is 0.286. The number of ether oxygens (including phenoxy) is 2. The Hall–Kier alpha value is -3.40. The first-order chi connectivity index (χ1) is 14.7. The second kappa shape index (κ2) is 8.76. The van der Waals surface area contributed by atoms with Gasteiger partial charge in [0.15, 0.2) is 0 Å². The van der Waals surface area contributed by atoms with Gasteiger partial charge in [-0.25, -0.2) is 18.0 Å². The molecular weight excluding hydrogens is 424 g/mol. The van der Waals surface area contributed by atoms with Gasteiger partial charge in [-0.15, -0.1) is 0 Å². The van der Waals surface area contributed by atoms with E-state index < -0.39 is 22.0 Å². The fourth-order valence-electron chi connectivity index (χ4n) is 3.37.